The lowest BCUT2D eigenvalue weighted by Gasteiger charge is -2.57. The quantitative estimate of drug-likeness (QED) is 0.453. The number of allylic oxidation sites excluding steroid dienone is 1. The molecule has 0 radical (unpaired) electrons. The second kappa shape index (κ2) is 5.17. The van der Waals surface area contributed by atoms with Crippen LogP contribution in [0, 0.1) is 28.1 Å². The maximum Gasteiger partial charge on any atom is 0.320 e. The van der Waals surface area contributed by atoms with Crippen LogP contribution in [0.1, 0.15) is 52.9 Å². The zero-order valence-corrected chi connectivity index (χ0v) is 15.2. The number of hydrogen-bond donors (Lipinski definition) is 2. The van der Waals surface area contributed by atoms with Crippen molar-refractivity contribution in [3.05, 3.63) is 11.6 Å². The molecule has 138 valence electrons. The third-order valence-corrected chi connectivity index (χ3v) is 8.01. The average molecular weight is 348 g/mol. The van der Waals surface area contributed by atoms with Gasteiger partial charge in [-0.3, -0.25) is 9.59 Å². The molecule has 0 amide bonds. The van der Waals surface area contributed by atoms with Crippen molar-refractivity contribution < 1.29 is 24.5 Å². The SMILES string of the molecule is C[C@@]1([C@H](O)CO)CC[C@@H]2C(=C[C@H]3OC(=O)[C@@]4(C)C(=O)CC[C@@]2(C)[C@@H]34)C1. The Balaban J connectivity index is 1.77. The van der Waals surface area contributed by atoms with Crippen LogP contribution in [0.5, 0.6) is 0 Å². The van der Waals surface area contributed by atoms with Crippen molar-refractivity contribution in [1.82, 2.24) is 0 Å². The number of ether oxygens (including phenoxy) is 1. The summed E-state index contributed by atoms with van der Waals surface area (Å²) >= 11 is 0. The fourth-order valence-corrected chi connectivity index (χ4v) is 6.39. The van der Waals surface area contributed by atoms with E-state index in [1.807, 2.05) is 6.92 Å². The number of esters is 1. The van der Waals surface area contributed by atoms with E-state index >= 15 is 0 Å². The van der Waals surface area contributed by atoms with Gasteiger partial charge in [0.25, 0.3) is 0 Å². The first-order valence-electron chi connectivity index (χ1n) is 9.41. The minimum atomic E-state index is -1.01. The molecule has 0 aromatic rings. The van der Waals surface area contributed by atoms with E-state index < -0.39 is 11.5 Å². The molecular formula is C20H28O5. The van der Waals surface area contributed by atoms with E-state index in [4.69, 9.17) is 4.74 Å². The molecule has 3 aliphatic carbocycles. The predicted octanol–water partition coefficient (Wildman–Crippen LogP) is 2.00. The van der Waals surface area contributed by atoms with Crippen LogP contribution in [0.15, 0.2) is 11.6 Å². The van der Waals surface area contributed by atoms with E-state index in [9.17, 15) is 19.8 Å². The minimum absolute atomic E-state index is 0.0238. The Hall–Kier alpha value is -1.20. The van der Waals surface area contributed by atoms with Crippen LogP contribution in [-0.4, -0.2) is 40.8 Å². The van der Waals surface area contributed by atoms with Gasteiger partial charge in [0.2, 0.25) is 0 Å². The highest BCUT2D eigenvalue weighted by atomic mass is 16.6. The molecule has 5 nitrogen and oxygen atoms in total. The van der Waals surface area contributed by atoms with Gasteiger partial charge in [0.1, 0.15) is 17.3 Å². The van der Waals surface area contributed by atoms with E-state index in [1.165, 1.54) is 5.57 Å². The smallest absolute Gasteiger partial charge is 0.320 e. The summed E-state index contributed by atoms with van der Waals surface area (Å²) in [6.07, 6.45) is 4.66. The summed E-state index contributed by atoms with van der Waals surface area (Å²) in [5.41, 5.74) is -0.256. The summed E-state index contributed by atoms with van der Waals surface area (Å²) in [5.74, 6) is -0.119. The maximum absolute atomic E-state index is 12.6. The molecule has 1 saturated heterocycles. The van der Waals surface area contributed by atoms with Crippen molar-refractivity contribution in [2.75, 3.05) is 6.61 Å². The lowest BCUT2D eigenvalue weighted by molar-refractivity contribution is -0.155. The summed E-state index contributed by atoms with van der Waals surface area (Å²) in [7, 11) is 0. The maximum atomic E-state index is 12.6. The molecule has 2 saturated carbocycles. The molecule has 3 fully saturated rings. The molecule has 0 bridgehead atoms. The Kier molecular flexibility index (Phi) is 3.56. The van der Waals surface area contributed by atoms with Crippen molar-refractivity contribution in [3.8, 4) is 0 Å². The van der Waals surface area contributed by atoms with E-state index in [0.717, 1.165) is 19.3 Å². The number of ketones is 1. The number of aliphatic hydroxyl groups excluding tert-OH is 2. The van der Waals surface area contributed by atoms with Crippen LogP contribution >= 0.6 is 0 Å². The Morgan fingerprint density at radius 3 is 2.68 bits per heavy atom. The normalized spacial score (nSPS) is 49.8. The second-order valence-electron chi connectivity index (χ2n) is 9.34. The van der Waals surface area contributed by atoms with Crippen LogP contribution in [0.3, 0.4) is 0 Å². The Morgan fingerprint density at radius 2 is 2.00 bits per heavy atom. The highest BCUT2D eigenvalue weighted by Crippen LogP contribution is 2.65. The van der Waals surface area contributed by atoms with Crippen molar-refractivity contribution in [1.29, 1.82) is 0 Å². The number of carbonyl (C=O) groups excluding carboxylic acids is 2. The van der Waals surface area contributed by atoms with Gasteiger partial charge in [-0.1, -0.05) is 19.4 Å². The fourth-order valence-electron chi connectivity index (χ4n) is 6.39. The first-order chi connectivity index (χ1) is 11.7. The van der Waals surface area contributed by atoms with Gasteiger partial charge in [0.05, 0.1) is 12.7 Å². The van der Waals surface area contributed by atoms with Gasteiger partial charge in [0.15, 0.2) is 0 Å². The highest BCUT2D eigenvalue weighted by Gasteiger charge is 2.69. The van der Waals surface area contributed by atoms with Crippen LogP contribution in [0.4, 0.5) is 0 Å². The zero-order valence-electron chi connectivity index (χ0n) is 15.2. The molecule has 0 aromatic carbocycles. The summed E-state index contributed by atoms with van der Waals surface area (Å²) < 4.78 is 5.67. The van der Waals surface area contributed by atoms with Crippen molar-refractivity contribution in [2.24, 2.45) is 28.1 Å². The second-order valence-corrected chi connectivity index (χ2v) is 9.34. The third kappa shape index (κ3) is 2.02. The number of aliphatic hydroxyl groups is 2. The molecule has 0 spiro atoms. The van der Waals surface area contributed by atoms with Crippen molar-refractivity contribution in [2.45, 2.75) is 65.1 Å². The van der Waals surface area contributed by atoms with E-state index in [1.54, 1.807) is 6.92 Å². The first-order valence-corrected chi connectivity index (χ1v) is 9.41. The van der Waals surface area contributed by atoms with Gasteiger partial charge in [0, 0.05) is 12.3 Å². The van der Waals surface area contributed by atoms with E-state index in [-0.39, 0.29) is 41.2 Å². The number of rotatable bonds is 2. The largest absolute Gasteiger partial charge is 0.457 e. The molecule has 1 aliphatic heterocycles. The Bertz CT molecular complexity index is 669. The Morgan fingerprint density at radius 1 is 1.28 bits per heavy atom. The molecule has 0 aromatic heterocycles. The van der Waals surface area contributed by atoms with Gasteiger partial charge < -0.3 is 14.9 Å². The average Bonchev–Trinajstić information content (AvgIpc) is 2.83. The van der Waals surface area contributed by atoms with Crippen LogP contribution in [-0.2, 0) is 14.3 Å². The molecule has 1 heterocycles. The molecule has 0 unspecified atom stereocenters. The molecule has 4 rings (SSSR count). The Labute approximate surface area is 148 Å². The van der Waals surface area contributed by atoms with Crippen molar-refractivity contribution in [3.63, 3.8) is 0 Å². The third-order valence-electron chi connectivity index (χ3n) is 8.01. The number of carbonyl (C=O) groups is 2. The monoisotopic (exact) mass is 348 g/mol. The highest BCUT2D eigenvalue weighted by molar-refractivity contribution is 6.06. The van der Waals surface area contributed by atoms with Crippen LogP contribution in [0.2, 0.25) is 0 Å². The van der Waals surface area contributed by atoms with Crippen molar-refractivity contribution >= 4 is 11.8 Å². The van der Waals surface area contributed by atoms with Crippen LogP contribution in [0.25, 0.3) is 0 Å². The summed E-state index contributed by atoms with van der Waals surface area (Å²) in [4.78, 5) is 25.2. The lowest BCUT2D eigenvalue weighted by Crippen LogP contribution is -2.57. The van der Waals surface area contributed by atoms with Gasteiger partial charge in [-0.05, 0) is 55.4 Å². The van der Waals surface area contributed by atoms with Gasteiger partial charge in [-0.2, -0.15) is 0 Å². The minimum Gasteiger partial charge on any atom is -0.457 e. The molecule has 2 N–H and O–H groups in total. The first kappa shape index (κ1) is 17.2. The summed E-state index contributed by atoms with van der Waals surface area (Å²) in [6, 6.07) is 0. The van der Waals surface area contributed by atoms with Gasteiger partial charge in [-0.25, -0.2) is 0 Å². The van der Waals surface area contributed by atoms with Crippen LogP contribution < -0.4 is 0 Å². The van der Waals surface area contributed by atoms with E-state index in [2.05, 4.69) is 13.0 Å². The molecule has 25 heavy (non-hydrogen) atoms. The van der Waals surface area contributed by atoms with Gasteiger partial charge >= 0.3 is 5.97 Å². The zero-order chi connectivity index (χ0) is 18.2. The lowest BCUT2D eigenvalue weighted by atomic mass is 9.45. The molecule has 5 heteroatoms. The summed E-state index contributed by atoms with van der Waals surface area (Å²) in [6.45, 7) is 5.79. The molecule has 7 atom stereocenters. The van der Waals surface area contributed by atoms with E-state index in [0.29, 0.717) is 18.8 Å². The number of hydrogen-bond acceptors (Lipinski definition) is 5. The molecular weight excluding hydrogens is 320 g/mol. The number of Topliss-reactive ketones (excluding diaryl/α,β-unsaturated/α-hetero) is 1. The number of fused-ring (bicyclic) bond motifs is 2. The standard InChI is InChI=1S/C20H28O5/c1-18(15(23)10-21)6-4-12-11(9-18)8-13-16-19(12,2)7-5-14(22)20(16,3)17(24)25-13/h8,12-13,15-16,21,23H,4-7,9-10H2,1-3H3/t12-,13-,15-,16-,18-,19-,20+/m1/s1. The molecule has 4 aliphatic rings. The topological polar surface area (TPSA) is 83.8 Å². The van der Waals surface area contributed by atoms with Gasteiger partial charge in [-0.15, -0.1) is 0 Å². The summed E-state index contributed by atoms with van der Waals surface area (Å²) in [5, 5.41) is 19.7. The predicted molar refractivity (Wildman–Crippen MR) is 90.4 cm³/mol. The fraction of sp³-hybridized carbons (Fsp3) is 0.800.